The molecule has 0 spiro atoms. The number of hydrogen-bond donors (Lipinski definition) is 1. The van der Waals surface area contributed by atoms with Crippen molar-refractivity contribution < 1.29 is 4.79 Å². The molecule has 0 aliphatic carbocycles. The second-order valence-corrected chi connectivity index (χ2v) is 4.62. The van der Waals surface area contributed by atoms with Crippen LogP contribution in [0.3, 0.4) is 0 Å². The Kier molecular flexibility index (Phi) is 3.59. The van der Waals surface area contributed by atoms with Crippen LogP contribution in [0.1, 0.15) is 10.5 Å². The van der Waals surface area contributed by atoms with Gasteiger partial charge in [0.05, 0.1) is 0 Å². The minimum Gasteiger partial charge on any atom is -0.382 e. The summed E-state index contributed by atoms with van der Waals surface area (Å²) < 4.78 is 0. The van der Waals surface area contributed by atoms with Gasteiger partial charge in [-0.3, -0.25) is 4.79 Å². The van der Waals surface area contributed by atoms with Crippen LogP contribution in [-0.4, -0.2) is 56.9 Å². The van der Waals surface area contributed by atoms with Crippen LogP contribution in [-0.2, 0) is 0 Å². The summed E-state index contributed by atoms with van der Waals surface area (Å²) >= 11 is 0. The molecule has 0 atom stereocenters. The maximum absolute atomic E-state index is 12.4. The molecule has 2 aromatic heterocycles. The van der Waals surface area contributed by atoms with Crippen LogP contribution >= 0.6 is 0 Å². The fourth-order valence-corrected chi connectivity index (χ4v) is 2.23. The molecule has 0 saturated carbocycles. The van der Waals surface area contributed by atoms with Gasteiger partial charge in [0.1, 0.15) is 0 Å². The van der Waals surface area contributed by atoms with Crippen molar-refractivity contribution in [2.45, 2.75) is 0 Å². The SMILES string of the molecule is Nc1nccnc1C(=O)N1CCN(c2ncccn2)CC1. The largest absolute Gasteiger partial charge is 0.382 e. The van der Waals surface area contributed by atoms with E-state index in [4.69, 9.17) is 5.73 Å². The van der Waals surface area contributed by atoms with Crippen LogP contribution in [0.15, 0.2) is 30.9 Å². The van der Waals surface area contributed by atoms with Gasteiger partial charge in [-0.2, -0.15) is 0 Å². The lowest BCUT2D eigenvalue weighted by atomic mass is 10.2. The summed E-state index contributed by atoms with van der Waals surface area (Å²) in [6.45, 7) is 2.51. The number of hydrogen-bond acceptors (Lipinski definition) is 7. The zero-order valence-electron chi connectivity index (χ0n) is 11.4. The topological polar surface area (TPSA) is 101 Å². The fraction of sp³-hybridized carbons (Fsp3) is 0.308. The number of nitrogens with zero attached hydrogens (tertiary/aromatic N) is 6. The minimum absolute atomic E-state index is 0.163. The predicted molar refractivity (Wildman–Crippen MR) is 76.6 cm³/mol. The Morgan fingerprint density at radius 3 is 2.29 bits per heavy atom. The molecule has 1 fully saturated rings. The Morgan fingerprint density at radius 1 is 0.952 bits per heavy atom. The van der Waals surface area contributed by atoms with Gasteiger partial charge < -0.3 is 15.5 Å². The van der Waals surface area contributed by atoms with Gasteiger partial charge in [0.15, 0.2) is 11.5 Å². The molecule has 0 radical (unpaired) electrons. The number of nitrogen functional groups attached to an aromatic ring is 1. The highest BCUT2D eigenvalue weighted by atomic mass is 16.2. The van der Waals surface area contributed by atoms with E-state index >= 15 is 0 Å². The molecule has 8 nitrogen and oxygen atoms in total. The summed E-state index contributed by atoms with van der Waals surface area (Å²) in [5.41, 5.74) is 5.91. The average molecular weight is 285 g/mol. The first-order chi connectivity index (χ1) is 10.3. The zero-order valence-corrected chi connectivity index (χ0v) is 11.4. The normalized spacial score (nSPS) is 15.0. The van der Waals surface area contributed by atoms with E-state index in [1.54, 1.807) is 23.4 Å². The van der Waals surface area contributed by atoms with Crippen LogP contribution in [0.5, 0.6) is 0 Å². The van der Waals surface area contributed by atoms with Gasteiger partial charge >= 0.3 is 0 Å². The fourth-order valence-electron chi connectivity index (χ4n) is 2.23. The van der Waals surface area contributed by atoms with E-state index in [0.717, 1.165) is 0 Å². The second-order valence-electron chi connectivity index (χ2n) is 4.62. The molecule has 108 valence electrons. The summed E-state index contributed by atoms with van der Waals surface area (Å²) in [5, 5.41) is 0. The third-order valence-electron chi connectivity index (χ3n) is 3.33. The standard InChI is InChI=1S/C13H15N7O/c14-11-10(15-4-5-16-11)12(21)19-6-8-20(9-7-19)13-17-2-1-3-18-13/h1-5H,6-9H2,(H2,14,16). The Hall–Kier alpha value is -2.77. The van der Waals surface area contributed by atoms with Gasteiger partial charge in [-0.25, -0.2) is 19.9 Å². The lowest BCUT2D eigenvalue weighted by molar-refractivity contribution is 0.0741. The van der Waals surface area contributed by atoms with Gasteiger partial charge in [-0.05, 0) is 6.07 Å². The lowest BCUT2D eigenvalue weighted by Crippen LogP contribution is -2.49. The van der Waals surface area contributed by atoms with Crippen LogP contribution in [0.25, 0.3) is 0 Å². The summed E-state index contributed by atoms with van der Waals surface area (Å²) in [6, 6.07) is 1.78. The first kappa shape index (κ1) is 13.2. The number of nitrogens with two attached hydrogens (primary N) is 1. The van der Waals surface area contributed by atoms with Crippen molar-refractivity contribution in [3.63, 3.8) is 0 Å². The van der Waals surface area contributed by atoms with Crippen LogP contribution in [0.4, 0.5) is 11.8 Å². The van der Waals surface area contributed by atoms with Crippen molar-refractivity contribution in [1.82, 2.24) is 24.8 Å². The third-order valence-corrected chi connectivity index (χ3v) is 3.33. The van der Waals surface area contributed by atoms with Crippen molar-refractivity contribution in [2.75, 3.05) is 36.8 Å². The molecule has 0 bridgehead atoms. The number of carbonyl (C=O) groups is 1. The number of piperazine rings is 1. The molecule has 3 rings (SSSR count). The Labute approximate surface area is 121 Å². The van der Waals surface area contributed by atoms with Gasteiger partial charge in [0, 0.05) is 51.0 Å². The molecule has 1 aliphatic rings. The quantitative estimate of drug-likeness (QED) is 0.816. The molecule has 0 unspecified atom stereocenters. The van der Waals surface area contributed by atoms with Crippen molar-refractivity contribution in [3.8, 4) is 0 Å². The van der Waals surface area contributed by atoms with Gasteiger partial charge in [-0.15, -0.1) is 0 Å². The van der Waals surface area contributed by atoms with Crippen molar-refractivity contribution in [1.29, 1.82) is 0 Å². The van der Waals surface area contributed by atoms with E-state index in [1.807, 2.05) is 4.90 Å². The number of amides is 1. The molecule has 1 amide bonds. The maximum Gasteiger partial charge on any atom is 0.276 e. The molecule has 3 heterocycles. The van der Waals surface area contributed by atoms with Gasteiger partial charge in [0.25, 0.3) is 5.91 Å². The summed E-state index contributed by atoms with van der Waals surface area (Å²) in [6.07, 6.45) is 6.36. The monoisotopic (exact) mass is 285 g/mol. The summed E-state index contributed by atoms with van der Waals surface area (Å²) in [4.78, 5) is 32.5. The zero-order chi connectivity index (χ0) is 14.7. The summed E-state index contributed by atoms with van der Waals surface area (Å²) in [7, 11) is 0. The van der Waals surface area contributed by atoms with Gasteiger partial charge in [-0.1, -0.05) is 0 Å². The molecular formula is C13H15N7O. The molecule has 0 aromatic carbocycles. The first-order valence-electron chi connectivity index (χ1n) is 6.63. The van der Waals surface area contributed by atoms with Crippen LogP contribution < -0.4 is 10.6 Å². The highest BCUT2D eigenvalue weighted by Crippen LogP contribution is 2.13. The number of rotatable bonds is 2. The second kappa shape index (κ2) is 5.70. The Balaban J connectivity index is 1.66. The highest BCUT2D eigenvalue weighted by molar-refractivity contribution is 5.96. The van der Waals surface area contributed by atoms with E-state index in [-0.39, 0.29) is 17.4 Å². The maximum atomic E-state index is 12.4. The molecule has 2 N–H and O–H groups in total. The van der Waals surface area contributed by atoms with Crippen molar-refractivity contribution >= 4 is 17.7 Å². The highest BCUT2D eigenvalue weighted by Gasteiger charge is 2.25. The molecular weight excluding hydrogens is 270 g/mol. The molecule has 1 aliphatic heterocycles. The molecule has 1 saturated heterocycles. The van der Waals surface area contributed by atoms with Crippen LogP contribution in [0, 0.1) is 0 Å². The Morgan fingerprint density at radius 2 is 1.62 bits per heavy atom. The van der Waals surface area contributed by atoms with Crippen LogP contribution in [0.2, 0.25) is 0 Å². The van der Waals surface area contributed by atoms with E-state index in [2.05, 4.69) is 19.9 Å². The van der Waals surface area contributed by atoms with E-state index in [0.29, 0.717) is 32.1 Å². The average Bonchev–Trinajstić information content (AvgIpc) is 2.56. The van der Waals surface area contributed by atoms with E-state index in [9.17, 15) is 4.79 Å². The Bertz CT molecular complexity index is 625. The lowest BCUT2D eigenvalue weighted by Gasteiger charge is -2.34. The summed E-state index contributed by atoms with van der Waals surface area (Å²) in [5.74, 6) is 0.661. The molecule has 21 heavy (non-hydrogen) atoms. The number of aromatic nitrogens is 4. The van der Waals surface area contributed by atoms with Crippen molar-refractivity contribution in [3.05, 3.63) is 36.5 Å². The first-order valence-corrected chi connectivity index (χ1v) is 6.63. The smallest absolute Gasteiger partial charge is 0.276 e. The third kappa shape index (κ3) is 2.73. The predicted octanol–water partition coefficient (Wildman–Crippen LogP) is -0.189. The van der Waals surface area contributed by atoms with Gasteiger partial charge in [0.2, 0.25) is 5.95 Å². The molecule has 8 heteroatoms. The van der Waals surface area contributed by atoms with Crippen molar-refractivity contribution in [2.24, 2.45) is 0 Å². The van der Waals surface area contributed by atoms with E-state index < -0.39 is 0 Å². The van der Waals surface area contributed by atoms with E-state index in [1.165, 1.54) is 12.4 Å². The minimum atomic E-state index is -0.186. The molecule has 2 aromatic rings. The number of anilines is 2. The number of carbonyl (C=O) groups excluding carboxylic acids is 1.